The highest BCUT2D eigenvalue weighted by molar-refractivity contribution is 7.98. The van der Waals surface area contributed by atoms with Crippen LogP contribution in [0.25, 0.3) is 0 Å². The van der Waals surface area contributed by atoms with Crippen LogP contribution in [-0.4, -0.2) is 36.7 Å². The average molecular weight is 253 g/mol. The summed E-state index contributed by atoms with van der Waals surface area (Å²) >= 11 is 1.72. The van der Waals surface area contributed by atoms with Crippen molar-refractivity contribution in [2.75, 3.05) is 31.3 Å². The van der Waals surface area contributed by atoms with Gasteiger partial charge in [-0.3, -0.25) is 0 Å². The molecule has 1 aliphatic rings. The highest BCUT2D eigenvalue weighted by Gasteiger charge is 2.29. The molecule has 0 radical (unpaired) electrons. The molecule has 0 unspecified atom stereocenters. The van der Waals surface area contributed by atoms with E-state index in [1.54, 1.807) is 11.8 Å². The number of anilines is 1. The topological polar surface area (TPSA) is 41.5 Å². The molecule has 1 saturated heterocycles. The van der Waals surface area contributed by atoms with Gasteiger partial charge in [0.05, 0.1) is 5.60 Å². The maximum atomic E-state index is 10.3. The van der Waals surface area contributed by atoms with Crippen LogP contribution < -0.4 is 5.32 Å². The largest absolute Gasteiger partial charge is 0.388 e. The standard InChI is InChI=1S/C13H19NO2S/c1-17-12-4-2-3-11(9-12)14-10-13(15)5-7-16-8-6-13/h2-4,9,14-15H,5-8,10H2,1H3. The van der Waals surface area contributed by atoms with E-state index in [1.165, 1.54) is 4.90 Å². The number of aliphatic hydroxyl groups is 1. The second-order valence-corrected chi connectivity index (χ2v) is 5.30. The number of benzene rings is 1. The maximum Gasteiger partial charge on any atom is 0.0863 e. The Kier molecular flexibility index (Phi) is 4.31. The molecule has 1 aromatic carbocycles. The Bertz CT molecular complexity index is 364. The van der Waals surface area contributed by atoms with E-state index in [-0.39, 0.29) is 0 Å². The summed E-state index contributed by atoms with van der Waals surface area (Å²) in [6.07, 6.45) is 3.48. The van der Waals surface area contributed by atoms with Crippen LogP contribution in [0, 0.1) is 0 Å². The molecule has 1 fully saturated rings. The molecule has 0 aliphatic carbocycles. The van der Waals surface area contributed by atoms with Crippen LogP contribution in [0.1, 0.15) is 12.8 Å². The van der Waals surface area contributed by atoms with Crippen molar-refractivity contribution in [1.82, 2.24) is 0 Å². The van der Waals surface area contributed by atoms with Gasteiger partial charge in [-0.1, -0.05) is 6.07 Å². The zero-order valence-corrected chi connectivity index (χ0v) is 10.9. The van der Waals surface area contributed by atoms with E-state index in [1.807, 2.05) is 12.1 Å². The van der Waals surface area contributed by atoms with Crippen LogP contribution in [0.4, 0.5) is 5.69 Å². The van der Waals surface area contributed by atoms with Crippen molar-refractivity contribution < 1.29 is 9.84 Å². The quantitative estimate of drug-likeness (QED) is 0.808. The minimum absolute atomic E-state index is 0.591. The summed E-state index contributed by atoms with van der Waals surface area (Å²) in [5, 5.41) is 13.6. The minimum atomic E-state index is -0.617. The lowest BCUT2D eigenvalue weighted by atomic mass is 9.94. The van der Waals surface area contributed by atoms with Crippen molar-refractivity contribution in [3.8, 4) is 0 Å². The van der Waals surface area contributed by atoms with E-state index >= 15 is 0 Å². The van der Waals surface area contributed by atoms with E-state index in [2.05, 4.69) is 23.7 Å². The van der Waals surface area contributed by atoms with Gasteiger partial charge >= 0.3 is 0 Å². The van der Waals surface area contributed by atoms with E-state index in [9.17, 15) is 5.11 Å². The molecule has 0 spiro atoms. The predicted octanol–water partition coefficient (Wildman–Crippen LogP) is 2.36. The van der Waals surface area contributed by atoms with Gasteiger partial charge in [-0.25, -0.2) is 0 Å². The third-order valence-electron chi connectivity index (χ3n) is 3.11. The van der Waals surface area contributed by atoms with Crippen molar-refractivity contribution in [1.29, 1.82) is 0 Å². The van der Waals surface area contributed by atoms with Gasteiger partial charge in [0.2, 0.25) is 0 Å². The lowest BCUT2D eigenvalue weighted by molar-refractivity contribution is -0.0543. The van der Waals surface area contributed by atoms with Gasteiger partial charge in [-0.15, -0.1) is 11.8 Å². The summed E-state index contributed by atoms with van der Waals surface area (Å²) in [4.78, 5) is 1.23. The molecule has 0 saturated carbocycles. The molecule has 1 heterocycles. The summed E-state index contributed by atoms with van der Waals surface area (Å²) in [5.41, 5.74) is 0.449. The summed E-state index contributed by atoms with van der Waals surface area (Å²) in [7, 11) is 0. The van der Waals surface area contributed by atoms with Gasteiger partial charge in [0, 0.05) is 43.2 Å². The summed E-state index contributed by atoms with van der Waals surface area (Å²) < 4.78 is 5.26. The molecule has 0 aromatic heterocycles. The van der Waals surface area contributed by atoms with Gasteiger partial charge in [0.15, 0.2) is 0 Å². The second kappa shape index (κ2) is 5.76. The molecule has 1 aliphatic heterocycles. The van der Waals surface area contributed by atoms with Crippen LogP contribution in [0.2, 0.25) is 0 Å². The lowest BCUT2D eigenvalue weighted by Crippen LogP contribution is -2.42. The van der Waals surface area contributed by atoms with Crippen LogP contribution in [0.5, 0.6) is 0 Å². The summed E-state index contributed by atoms with van der Waals surface area (Å²) in [6, 6.07) is 8.25. The molecular weight excluding hydrogens is 234 g/mol. The van der Waals surface area contributed by atoms with Crippen LogP contribution in [0.15, 0.2) is 29.2 Å². The van der Waals surface area contributed by atoms with Crippen molar-refractivity contribution in [3.63, 3.8) is 0 Å². The lowest BCUT2D eigenvalue weighted by Gasteiger charge is -2.32. The van der Waals surface area contributed by atoms with Crippen molar-refractivity contribution in [3.05, 3.63) is 24.3 Å². The molecule has 1 aromatic rings. The van der Waals surface area contributed by atoms with Gasteiger partial charge in [0.25, 0.3) is 0 Å². The number of nitrogens with one attached hydrogen (secondary N) is 1. The zero-order chi connectivity index (χ0) is 12.1. The summed E-state index contributed by atoms with van der Waals surface area (Å²) in [5.74, 6) is 0. The van der Waals surface area contributed by atoms with Crippen LogP contribution in [0.3, 0.4) is 0 Å². The Morgan fingerprint density at radius 3 is 2.88 bits per heavy atom. The normalized spacial score (nSPS) is 18.9. The van der Waals surface area contributed by atoms with Crippen LogP contribution >= 0.6 is 11.8 Å². The predicted molar refractivity (Wildman–Crippen MR) is 71.7 cm³/mol. The Balaban J connectivity index is 1.92. The molecule has 0 amide bonds. The molecule has 3 nitrogen and oxygen atoms in total. The number of thioether (sulfide) groups is 1. The second-order valence-electron chi connectivity index (χ2n) is 4.42. The van der Waals surface area contributed by atoms with Gasteiger partial charge < -0.3 is 15.2 Å². The first-order valence-corrected chi connectivity index (χ1v) is 7.12. The number of hydrogen-bond acceptors (Lipinski definition) is 4. The highest BCUT2D eigenvalue weighted by atomic mass is 32.2. The average Bonchev–Trinajstić information content (AvgIpc) is 2.38. The summed E-state index contributed by atoms with van der Waals surface area (Å²) in [6.45, 7) is 1.90. The van der Waals surface area contributed by atoms with Crippen molar-refractivity contribution >= 4 is 17.4 Å². The Morgan fingerprint density at radius 2 is 2.18 bits per heavy atom. The molecule has 0 atom stereocenters. The van der Waals surface area contributed by atoms with Crippen molar-refractivity contribution in [2.45, 2.75) is 23.3 Å². The first-order valence-electron chi connectivity index (χ1n) is 5.90. The van der Waals surface area contributed by atoms with E-state index in [0.29, 0.717) is 32.6 Å². The Labute approximate surface area is 107 Å². The third-order valence-corrected chi connectivity index (χ3v) is 3.84. The van der Waals surface area contributed by atoms with Crippen LogP contribution in [-0.2, 0) is 4.74 Å². The molecule has 4 heteroatoms. The Morgan fingerprint density at radius 1 is 1.41 bits per heavy atom. The fourth-order valence-corrected chi connectivity index (χ4v) is 2.39. The zero-order valence-electron chi connectivity index (χ0n) is 10.1. The Hall–Kier alpha value is -0.710. The fraction of sp³-hybridized carbons (Fsp3) is 0.538. The van der Waals surface area contributed by atoms with E-state index in [0.717, 1.165) is 5.69 Å². The van der Waals surface area contributed by atoms with Crippen molar-refractivity contribution in [2.24, 2.45) is 0 Å². The number of rotatable bonds is 4. The molecule has 2 N–H and O–H groups in total. The van der Waals surface area contributed by atoms with E-state index < -0.39 is 5.60 Å². The molecule has 17 heavy (non-hydrogen) atoms. The smallest absolute Gasteiger partial charge is 0.0863 e. The first-order chi connectivity index (χ1) is 8.22. The van der Waals surface area contributed by atoms with Gasteiger partial charge in [-0.05, 0) is 24.5 Å². The molecule has 2 rings (SSSR count). The number of hydrogen-bond donors (Lipinski definition) is 2. The fourth-order valence-electron chi connectivity index (χ4n) is 1.93. The van der Waals surface area contributed by atoms with E-state index in [4.69, 9.17) is 4.74 Å². The monoisotopic (exact) mass is 253 g/mol. The molecule has 0 bridgehead atoms. The number of ether oxygens (including phenoxy) is 1. The highest BCUT2D eigenvalue weighted by Crippen LogP contribution is 2.23. The first kappa shape index (κ1) is 12.7. The molecule has 94 valence electrons. The third kappa shape index (κ3) is 3.63. The molecular formula is C13H19NO2S. The maximum absolute atomic E-state index is 10.3. The van der Waals surface area contributed by atoms with Gasteiger partial charge in [-0.2, -0.15) is 0 Å². The van der Waals surface area contributed by atoms with Gasteiger partial charge in [0.1, 0.15) is 0 Å². The SMILES string of the molecule is CSc1cccc(NCC2(O)CCOCC2)c1. The minimum Gasteiger partial charge on any atom is -0.388 e.